The molecule has 0 heterocycles. The van der Waals surface area contributed by atoms with Crippen molar-refractivity contribution in [3.05, 3.63) is 35.9 Å². The van der Waals surface area contributed by atoms with E-state index in [0.717, 1.165) is 5.56 Å². The van der Waals surface area contributed by atoms with Crippen LogP contribution in [0.5, 0.6) is 0 Å². The van der Waals surface area contributed by atoms with E-state index in [-0.39, 0.29) is 12.7 Å². The number of amides is 2. The van der Waals surface area contributed by atoms with Gasteiger partial charge in [-0.15, -0.1) is 0 Å². The maximum Gasteiger partial charge on any atom is 0.410 e. The molecule has 0 spiro atoms. The molecule has 0 N–H and O–H groups in total. The molecule has 6 nitrogen and oxygen atoms in total. The molecule has 6 heteroatoms. The zero-order valence-corrected chi connectivity index (χ0v) is 15.2. The molecule has 0 aromatic heterocycles. The smallest absolute Gasteiger partial charge is 0.410 e. The minimum atomic E-state index is -0.537. The Bertz CT molecular complexity index is 526. The summed E-state index contributed by atoms with van der Waals surface area (Å²) in [4.78, 5) is 27.1. The average Bonchev–Trinajstić information content (AvgIpc) is 2.52. The summed E-state index contributed by atoms with van der Waals surface area (Å²) in [7, 11) is 1.65. The predicted molar refractivity (Wildman–Crippen MR) is 92.7 cm³/mol. The monoisotopic (exact) mass is 336 g/mol. The van der Waals surface area contributed by atoms with Crippen LogP contribution in [0.2, 0.25) is 0 Å². The van der Waals surface area contributed by atoms with Gasteiger partial charge in [-0.1, -0.05) is 30.3 Å². The molecule has 24 heavy (non-hydrogen) atoms. The summed E-state index contributed by atoms with van der Waals surface area (Å²) < 4.78 is 10.6. The summed E-state index contributed by atoms with van der Waals surface area (Å²) in [6.07, 6.45) is -0.796. The van der Waals surface area contributed by atoms with E-state index in [1.807, 2.05) is 58.0 Å². The van der Waals surface area contributed by atoms with Crippen molar-refractivity contribution in [3.8, 4) is 0 Å². The van der Waals surface area contributed by atoms with Crippen LogP contribution in [-0.4, -0.2) is 54.3 Å². The summed E-state index contributed by atoms with van der Waals surface area (Å²) in [5.41, 5.74) is 0.400. The van der Waals surface area contributed by atoms with E-state index in [0.29, 0.717) is 19.6 Å². The summed E-state index contributed by atoms with van der Waals surface area (Å²) in [6.45, 7) is 8.84. The van der Waals surface area contributed by atoms with Gasteiger partial charge in [0.2, 0.25) is 0 Å². The van der Waals surface area contributed by atoms with Gasteiger partial charge in [0.05, 0.1) is 0 Å². The normalized spacial score (nSPS) is 10.9. The Balaban J connectivity index is 2.43. The Hall–Kier alpha value is -2.24. The molecule has 0 aliphatic heterocycles. The summed E-state index contributed by atoms with van der Waals surface area (Å²) in [5, 5.41) is 0. The van der Waals surface area contributed by atoms with E-state index in [9.17, 15) is 9.59 Å². The lowest BCUT2D eigenvalue weighted by atomic mass is 10.2. The van der Waals surface area contributed by atoms with E-state index >= 15 is 0 Å². The number of carbonyl (C=O) groups excluding carboxylic acids is 2. The van der Waals surface area contributed by atoms with Gasteiger partial charge in [-0.3, -0.25) is 0 Å². The zero-order valence-electron chi connectivity index (χ0n) is 15.2. The van der Waals surface area contributed by atoms with Crippen molar-refractivity contribution in [1.29, 1.82) is 0 Å². The van der Waals surface area contributed by atoms with E-state index < -0.39 is 11.7 Å². The molecule has 1 aromatic rings. The first-order valence-electron chi connectivity index (χ1n) is 8.12. The van der Waals surface area contributed by atoms with Crippen molar-refractivity contribution in [2.24, 2.45) is 0 Å². The van der Waals surface area contributed by atoms with Crippen LogP contribution >= 0.6 is 0 Å². The number of nitrogens with zero attached hydrogens (tertiary/aromatic N) is 2. The zero-order chi connectivity index (χ0) is 18.2. The first kappa shape index (κ1) is 19.8. The molecule has 1 rings (SSSR count). The lowest BCUT2D eigenvalue weighted by molar-refractivity contribution is 0.0276. The summed E-state index contributed by atoms with van der Waals surface area (Å²) in [5.74, 6) is 0. The summed E-state index contributed by atoms with van der Waals surface area (Å²) >= 11 is 0. The highest BCUT2D eigenvalue weighted by Crippen LogP contribution is 2.09. The quantitative estimate of drug-likeness (QED) is 0.797. The third-order valence-corrected chi connectivity index (χ3v) is 3.26. The van der Waals surface area contributed by atoms with E-state index in [4.69, 9.17) is 9.47 Å². The highest BCUT2D eigenvalue weighted by atomic mass is 16.6. The number of benzene rings is 1. The van der Waals surface area contributed by atoms with Crippen molar-refractivity contribution in [2.45, 2.75) is 39.9 Å². The molecule has 0 unspecified atom stereocenters. The van der Waals surface area contributed by atoms with E-state index in [1.54, 1.807) is 11.9 Å². The molecule has 0 bridgehead atoms. The van der Waals surface area contributed by atoms with Gasteiger partial charge in [0.15, 0.2) is 0 Å². The number of hydrogen-bond donors (Lipinski definition) is 0. The fourth-order valence-corrected chi connectivity index (χ4v) is 1.89. The average molecular weight is 336 g/mol. The minimum Gasteiger partial charge on any atom is -0.445 e. The lowest BCUT2D eigenvalue weighted by Gasteiger charge is -2.27. The molecule has 1 aromatic carbocycles. The van der Waals surface area contributed by atoms with Crippen molar-refractivity contribution in [2.75, 3.05) is 26.7 Å². The van der Waals surface area contributed by atoms with Crippen LogP contribution < -0.4 is 0 Å². The largest absolute Gasteiger partial charge is 0.445 e. The minimum absolute atomic E-state index is 0.234. The highest BCUT2D eigenvalue weighted by Gasteiger charge is 2.21. The summed E-state index contributed by atoms with van der Waals surface area (Å²) in [6, 6.07) is 9.52. The third-order valence-electron chi connectivity index (χ3n) is 3.26. The third kappa shape index (κ3) is 7.35. The van der Waals surface area contributed by atoms with Crippen LogP contribution in [0, 0.1) is 0 Å². The van der Waals surface area contributed by atoms with Crippen LogP contribution in [0.25, 0.3) is 0 Å². The lowest BCUT2D eigenvalue weighted by Crippen LogP contribution is -2.41. The van der Waals surface area contributed by atoms with Gasteiger partial charge in [0.1, 0.15) is 12.2 Å². The van der Waals surface area contributed by atoms with Gasteiger partial charge in [0, 0.05) is 26.7 Å². The fraction of sp³-hybridized carbons (Fsp3) is 0.556. The molecule has 0 aliphatic rings. The standard InChI is InChI=1S/C18H28N2O4/c1-6-20(13-12-19(5)16(21)24-18(2,3)4)17(22)23-14-15-10-8-7-9-11-15/h7-11H,6,12-14H2,1-5H3. The number of rotatable bonds is 6. The van der Waals surface area contributed by atoms with Crippen LogP contribution in [-0.2, 0) is 16.1 Å². The van der Waals surface area contributed by atoms with Crippen LogP contribution in [0.4, 0.5) is 9.59 Å². The van der Waals surface area contributed by atoms with Crippen molar-refractivity contribution >= 4 is 12.2 Å². The van der Waals surface area contributed by atoms with E-state index in [1.165, 1.54) is 4.90 Å². The second-order valence-electron chi connectivity index (χ2n) is 6.52. The Kier molecular flexibility index (Phi) is 7.55. The van der Waals surface area contributed by atoms with Crippen LogP contribution in [0.3, 0.4) is 0 Å². The van der Waals surface area contributed by atoms with Crippen LogP contribution in [0.15, 0.2) is 30.3 Å². The van der Waals surface area contributed by atoms with Gasteiger partial charge in [-0.25, -0.2) is 9.59 Å². The Morgan fingerprint density at radius 1 is 1.04 bits per heavy atom. The van der Waals surface area contributed by atoms with Gasteiger partial charge in [-0.05, 0) is 33.3 Å². The molecule has 134 valence electrons. The molecule has 0 aliphatic carbocycles. The highest BCUT2D eigenvalue weighted by molar-refractivity contribution is 5.69. The van der Waals surface area contributed by atoms with Crippen LogP contribution in [0.1, 0.15) is 33.3 Å². The predicted octanol–water partition coefficient (Wildman–Crippen LogP) is 3.51. The number of likely N-dealkylation sites (N-methyl/N-ethyl adjacent to an activating group) is 2. The SMILES string of the molecule is CCN(CCN(C)C(=O)OC(C)(C)C)C(=O)OCc1ccccc1. The maximum atomic E-state index is 12.1. The topological polar surface area (TPSA) is 59.1 Å². The van der Waals surface area contributed by atoms with Gasteiger partial charge in [-0.2, -0.15) is 0 Å². The molecule has 0 fully saturated rings. The van der Waals surface area contributed by atoms with Gasteiger partial charge < -0.3 is 19.3 Å². The molecule has 0 radical (unpaired) electrons. The first-order chi connectivity index (χ1) is 11.2. The Labute approximate surface area is 144 Å². The van der Waals surface area contributed by atoms with Gasteiger partial charge >= 0.3 is 12.2 Å². The maximum absolute atomic E-state index is 12.1. The van der Waals surface area contributed by atoms with Crippen molar-refractivity contribution in [3.63, 3.8) is 0 Å². The van der Waals surface area contributed by atoms with Gasteiger partial charge in [0.25, 0.3) is 0 Å². The molecule has 0 atom stereocenters. The number of hydrogen-bond acceptors (Lipinski definition) is 4. The Morgan fingerprint density at radius 2 is 1.67 bits per heavy atom. The molecule has 0 saturated carbocycles. The second-order valence-corrected chi connectivity index (χ2v) is 6.52. The number of carbonyl (C=O) groups is 2. The molecular formula is C18H28N2O4. The number of ether oxygens (including phenoxy) is 2. The second kappa shape index (κ2) is 9.15. The first-order valence-corrected chi connectivity index (χ1v) is 8.12. The van der Waals surface area contributed by atoms with E-state index in [2.05, 4.69) is 0 Å². The molecular weight excluding hydrogens is 308 g/mol. The Morgan fingerprint density at radius 3 is 2.21 bits per heavy atom. The fourth-order valence-electron chi connectivity index (χ4n) is 1.89. The molecule has 2 amide bonds. The van der Waals surface area contributed by atoms with Crippen molar-refractivity contribution in [1.82, 2.24) is 9.80 Å². The van der Waals surface area contributed by atoms with Crippen molar-refractivity contribution < 1.29 is 19.1 Å². The molecule has 0 saturated heterocycles.